The fourth-order valence-electron chi connectivity index (χ4n) is 2.69. The molecule has 1 fully saturated rings. The number of rotatable bonds is 6. The Labute approximate surface area is 122 Å². The SMILES string of the molecule is CC(CN1CCCC1)Nc1cccc(OC(C)C)c1N. The topological polar surface area (TPSA) is 50.5 Å². The first-order valence-electron chi connectivity index (χ1n) is 7.60. The predicted octanol–water partition coefficient (Wildman–Crippen LogP) is 2.95. The van der Waals surface area contributed by atoms with Gasteiger partial charge in [-0.25, -0.2) is 0 Å². The van der Waals surface area contributed by atoms with E-state index >= 15 is 0 Å². The Kier molecular flexibility index (Phi) is 5.12. The lowest BCUT2D eigenvalue weighted by Crippen LogP contribution is -2.33. The average Bonchev–Trinajstić information content (AvgIpc) is 2.86. The number of anilines is 2. The normalized spacial score (nSPS) is 17.4. The van der Waals surface area contributed by atoms with Crippen LogP contribution in [0.25, 0.3) is 0 Å². The van der Waals surface area contributed by atoms with Gasteiger partial charge in [0.15, 0.2) is 0 Å². The van der Waals surface area contributed by atoms with E-state index in [9.17, 15) is 0 Å². The summed E-state index contributed by atoms with van der Waals surface area (Å²) in [4.78, 5) is 2.50. The van der Waals surface area contributed by atoms with Crippen molar-refractivity contribution in [1.29, 1.82) is 0 Å². The zero-order valence-electron chi connectivity index (χ0n) is 12.9. The van der Waals surface area contributed by atoms with Crippen molar-refractivity contribution in [3.63, 3.8) is 0 Å². The summed E-state index contributed by atoms with van der Waals surface area (Å²) >= 11 is 0. The summed E-state index contributed by atoms with van der Waals surface area (Å²) < 4.78 is 5.73. The minimum Gasteiger partial charge on any atom is -0.489 e. The summed E-state index contributed by atoms with van der Waals surface area (Å²) in [7, 11) is 0. The third-order valence-electron chi connectivity index (χ3n) is 3.56. The van der Waals surface area contributed by atoms with E-state index in [2.05, 4.69) is 17.1 Å². The minimum absolute atomic E-state index is 0.134. The smallest absolute Gasteiger partial charge is 0.144 e. The van der Waals surface area contributed by atoms with Gasteiger partial charge in [-0.2, -0.15) is 0 Å². The lowest BCUT2D eigenvalue weighted by atomic mass is 10.2. The first kappa shape index (κ1) is 15.0. The van der Waals surface area contributed by atoms with Crippen molar-refractivity contribution in [2.45, 2.75) is 45.8 Å². The van der Waals surface area contributed by atoms with Gasteiger partial charge < -0.3 is 20.7 Å². The highest BCUT2D eigenvalue weighted by Gasteiger charge is 2.15. The second-order valence-corrected chi connectivity index (χ2v) is 5.94. The van der Waals surface area contributed by atoms with Crippen molar-refractivity contribution < 1.29 is 4.74 Å². The van der Waals surface area contributed by atoms with E-state index in [1.54, 1.807) is 0 Å². The quantitative estimate of drug-likeness (QED) is 0.785. The van der Waals surface area contributed by atoms with Gasteiger partial charge >= 0.3 is 0 Å². The van der Waals surface area contributed by atoms with E-state index in [1.807, 2.05) is 32.0 Å². The number of ether oxygens (including phenoxy) is 1. The zero-order chi connectivity index (χ0) is 14.5. The maximum atomic E-state index is 6.19. The average molecular weight is 277 g/mol. The van der Waals surface area contributed by atoms with Crippen LogP contribution in [0.5, 0.6) is 5.75 Å². The minimum atomic E-state index is 0.134. The van der Waals surface area contributed by atoms with E-state index in [-0.39, 0.29) is 6.10 Å². The van der Waals surface area contributed by atoms with Crippen LogP contribution in [0, 0.1) is 0 Å². The van der Waals surface area contributed by atoms with Crippen LogP contribution in [0.15, 0.2) is 18.2 Å². The summed E-state index contributed by atoms with van der Waals surface area (Å²) in [5.41, 5.74) is 7.86. The molecule has 1 aromatic rings. The van der Waals surface area contributed by atoms with Gasteiger partial charge in [0.1, 0.15) is 5.75 Å². The molecule has 0 amide bonds. The number of likely N-dealkylation sites (tertiary alicyclic amines) is 1. The number of para-hydroxylation sites is 1. The number of benzene rings is 1. The molecule has 0 spiro atoms. The molecule has 2 rings (SSSR count). The highest BCUT2D eigenvalue weighted by molar-refractivity contribution is 5.73. The van der Waals surface area contributed by atoms with Gasteiger partial charge in [-0.3, -0.25) is 0 Å². The van der Waals surface area contributed by atoms with Crippen LogP contribution < -0.4 is 15.8 Å². The molecule has 1 heterocycles. The second kappa shape index (κ2) is 6.84. The molecule has 0 aromatic heterocycles. The maximum absolute atomic E-state index is 6.19. The third-order valence-corrected chi connectivity index (χ3v) is 3.56. The van der Waals surface area contributed by atoms with Crippen LogP contribution in [0.4, 0.5) is 11.4 Å². The molecule has 1 aliphatic heterocycles. The summed E-state index contributed by atoms with van der Waals surface area (Å²) in [5, 5.41) is 3.50. The molecule has 0 radical (unpaired) electrons. The van der Waals surface area contributed by atoms with Gasteiger partial charge in [-0.15, -0.1) is 0 Å². The van der Waals surface area contributed by atoms with Gasteiger partial charge in [0.25, 0.3) is 0 Å². The molecular formula is C16H27N3O. The zero-order valence-corrected chi connectivity index (χ0v) is 12.9. The van der Waals surface area contributed by atoms with Crippen LogP contribution in [-0.4, -0.2) is 36.7 Å². The second-order valence-electron chi connectivity index (χ2n) is 5.94. The van der Waals surface area contributed by atoms with Crippen LogP contribution in [0.2, 0.25) is 0 Å². The molecule has 4 nitrogen and oxygen atoms in total. The summed E-state index contributed by atoms with van der Waals surface area (Å²) in [5.74, 6) is 0.762. The molecule has 0 bridgehead atoms. The van der Waals surface area contributed by atoms with Gasteiger partial charge in [0.05, 0.1) is 17.5 Å². The van der Waals surface area contributed by atoms with Gasteiger partial charge in [-0.1, -0.05) is 6.07 Å². The first-order chi connectivity index (χ1) is 9.56. The third kappa shape index (κ3) is 4.04. The monoisotopic (exact) mass is 277 g/mol. The maximum Gasteiger partial charge on any atom is 0.144 e. The number of nitrogens with two attached hydrogens (primary N) is 1. The van der Waals surface area contributed by atoms with Crippen molar-refractivity contribution in [1.82, 2.24) is 4.90 Å². The van der Waals surface area contributed by atoms with Crippen molar-refractivity contribution >= 4 is 11.4 Å². The number of nitrogens with zero attached hydrogens (tertiary/aromatic N) is 1. The van der Waals surface area contributed by atoms with Crippen molar-refractivity contribution in [2.75, 3.05) is 30.7 Å². The Morgan fingerprint density at radius 1 is 1.25 bits per heavy atom. The van der Waals surface area contributed by atoms with Crippen molar-refractivity contribution in [2.24, 2.45) is 0 Å². The molecular weight excluding hydrogens is 250 g/mol. The number of nitrogen functional groups attached to an aromatic ring is 1. The highest BCUT2D eigenvalue weighted by atomic mass is 16.5. The van der Waals surface area contributed by atoms with Crippen LogP contribution in [-0.2, 0) is 0 Å². The van der Waals surface area contributed by atoms with Gasteiger partial charge in [0, 0.05) is 12.6 Å². The molecule has 0 aliphatic carbocycles. The molecule has 1 aromatic carbocycles. The molecule has 112 valence electrons. The number of nitrogens with one attached hydrogen (secondary N) is 1. The van der Waals surface area contributed by atoms with Gasteiger partial charge in [0.2, 0.25) is 0 Å². The summed E-state index contributed by atoms with van der Waals surface area (Å²) in [6.45, 7) is 9.73. The predicted molar refractivity (Wildman–Crippen MR) is 85.4 cm³/mol. The molecule has 4 heteroatoms. The standard InChI is InChI=1S/C16H27N3O/c1-12(2)20-15-8-6-7-14(16(15)17)18-13(3)11-19-9-4-5-10-19/h6-8,12-13,18H,4-5,9-11,17H2,1-3H3. The van der Waals surface area contributed by atoms with E-state index in [0.717, 1.165) is 18.0 Å². The van der Waals surface area contributed by atoms with Gasteiger partial charge in [-0.05, 0) is 58.8 Å². The largest absolute Gasteiger partial charge is 0.489 e. The Balaban J connectivity index is 1.97. The molecule has 20 heavy (non-hydrogen) atoms. The van der Waals surface area contributed by atoms with E-state index in [0.29, 0.717) is 11.7 Å². The Morgan fingerprint density at radius 3 is 2.60 bits per heavy atom. The van der Waals surface area contributed by atoms with E-state index in [4.69, 9.17) is 10.5 Å². The number of hydrogen-bond acceptors (Lipinski definition) is 4. The number of hydrogen-bond donors (Lipinski definition) is 2. The van der Waals surface area contributed by atoms with Crippen LogP contribution in [0.1, 0.15) is 33.6 Å². The van der Waals surface area contributed by atoms with Crippen molar-refractivity contribution in [3.05, 3.63) is 18.2 Å². The lowest BCUT2D eigenvalue weighted by Gasteiger charge is -2.23. The molecule has 1 atom stereocenters. The van der Waals surface area contributed by atoms with Crippen LogP contribution in [0.3, 0.4) is 0 Å². The van der Waals surface area contributed by atoms with Crippen LogP contribution >= 0.6 is 0 Å². The lowest BCUT2D eigenvalue weighted by molar-refractivity contribution is 0.244. The first-order valence-corrected chi connectivity index (χ1v) is 7.60. The molecule has 3 N–H and O–H groups in total. The Morgan fingerprint density at radius 2 is 1.95 bits per heavy atom. The molecule has 1 aliphatic rings. The Hall–Kier alpha value is -1.42. The molecule has 1 unspecified atom stereocenters. The highest BCUT2D eigenvalue weighted by Crippen LogP contribution is 2.30. The fourth-order valence-corrected chi connectivity index (χ4v) is 2.69. The van der Waals surface area contributed by atoms with Crippen molar-refractivity contribution in [3.8, 4) is 5.75 Å². The summed E-state index contributed by atoms with van der Waals surface area (Å²) in [6, 6.07) is 6.30. The van der Waals surface area contributed by atoms with E-state index < -0.39 is 0 Å². The Bertz CT molecular complexity index is 428. The fraction of sp³-hybridized carbons (Fsp3) is 0.625. The molecule has 1 saturated heterocycles. The summed E-state index contributed by atoms with van der Waals surface area (Å²) in [6.07, 6.45) is 2.79. The van der Waals surface area contributed by atoms with E-state index in [1.165, 1.54) is 25.9 Å². The molecule has 0 saturated carbocycles.